The molecule has 1 unspecified atom stereocenters. The molecule has 3 heterocycles. The van der Waals surface area contributed by atoms with Crippen molar-refractivity contribution in [1.82, 2.24) is 14.5 Å². The molecule has 210 valence electrons. The molecule has 0 spiro atoms. The lowest BCUT2D eigenvalue weighted by Crippen LogP contribution is -2.34. The van der Waals surface area contributed by atoms with Gasteiger partial charge in [-0.05, 0) is 68.2 Å². The van der Waals surface area contributed by atoms with Crippen molar-refractivity contribution in [3.63, 3.8) is 0 Å². The summed E-state index contributed by atoms with van der Waals surface area (Å²) < 4.78 is 20.2. The number of methoxy groups -OCH3 is 1. The summed E-state index contributed by atoms with van der Waals surface area (Å²) in [6.45, 7) is 5.47. The van der Waals surface area contributed by atoms with E-state index in [-0.39, 0.29) is 5.56 Å². The molecule has 9 heteroatoms. The largest absolute Gasteiger partial charge is 0.478 e. The number of benzene rings is 3. The summed E-state index contributed by atoms with van der Waals surface area (Å²) in [5, 5.41) is 18.8. The predicted molar refractivity (Wildman–Crippen MR) is 152 cm³/mol. The minimum atomic E-state index is -0.992. The SMILES string of the molecule is COCCn1c(CN2CCC(c3cccc4c3OC(C)(c3cccc(C#N)c3)O4)CC2)nc2ccc(C(=O)O)cc21. The molecule has 3 aromatic carbocycles. The predicted octanol–water partition coefficient (Wildman–Crippen LogP) is 5.28. The fraction of sp³-hybridized carbons (Fsp3) is 0.344. The van der Waals surface area contributed by atoms with Crippen LogP contribution in [0.4, 0.5) is 0 Å². The number of carboxylic acid groups (broad SMARTS) is 1. The van der Waals surface area contributed by atoms with Gasteiger partial charge in [0.2, 0.25) is 0 Å². The Labute approximate surface area is 238 Å². The van der Waals surface area contributed by atoms with Gasteiger partial charge < -0.3 is 23.9 Å². The number of piperidine rings is 1. The summed E-state index contributed by atoms with van der Waals surface area (Å²) in [6.07, 6.45) is 1.92. The zero-order chi connectivity index (χ0) is 28.6. The highest BCUT2D eigenvalue weighted by molar-refractivity contribution is 5.92. The van der Waals surface area contributed by atoms with Crippen LogP contribution < -0.4 is 9.47 Å². The number of hydrogen-bond acceptors (Lipinski definition) is 7. The molecular formula is C32H32N4O5. The lowest BCUT2D eigenvalue weighted by molar-refractivity contribution is -0.0685. The third kappa shape index (κ3) is 5.12. The highest BCUT2D eigenvalue weighted by Gasteiger charge is 2.41. The van der Waals surface area contributed by atoms with Crippen LogP contribution in [0.15, 0.2) is 60.7 Å². The number of para-hydroxylation sites is 1. The first-order valence-electron chi connectivity index (χ1n) is 13.8. The van der Waals surface area contributed by atoms with Crippen molar-refractivity contribution in [2.45, 2.75) is 44.6 Å². The van der Waals surface area contributed by atoms with E-state index in [2.05, 4.69) is 21.6 Å². The van der Waals surface area contributed by atoms with Crippen LogP contribution in [0.2, 0.25) is 0 Å². The number of aromatic carboxylic acids is 1. The number of hydrogen-bond donors (Lipinski definition) is 1. The fourth-order valence-electron chi connectivity index (χ4n) is 5.92. The van der Waals surface area contributed by atoms with E-state index >= 15 is 0 Å². The topological polar surface area (TPSA) is 110 Å². The average molecular weight is 553 g/mol. The highest BCUT2D eigenvalue weighted by atomic mass is 16.7. The molecule has 1 saturated heterocycles. The van der Waals surface area contributed by atoms with Gasteiger partial charge in [0.15, 0.2) is 11.5 Å². The van der Waals surface area contributed by atoms with Gasteiger partial charge in [0, 0.05) is 31.7 Å². The number of imidazole rings is 1. The zero-order valence-corrected chi connectivity index (χ0v) is 23.2. The van der Waals surface area contributed by atoms with Gasteiger partial charge in [-0.2, -0.15) is 5.26 Å². The van der Waals surface area contributed by atoms with E-state index in [1.165, 1.54) is 0 Å². The smallest absolute Gasteiger partial charge is 0.335 e. The Balaban J connectivity index is 1.18. The molecule has 0 bridgehead atoms. The van der Waals surface area contributed by atoms with E-state index in [9.17, 15) is 15.2 Å². The van der Waals surface area contributed by atoms with Crippen molar-refractivity contribution in [2.24, 2.45) is 0 Å². The van der Waals surface area contributed by atoms with Gasteiger partial charge >= 0.3 is 5.97 Å². The Morgan fingerprint density at radius 2 is 1.95 bits per heavy atom. The molecule has 1 fully saturated rings. The second kappa shape index (κ2) is 10.9. The van der Waals surface area contributed by atoms with Gasteiger partial charge in [-0.1, -0.05) is 24.3 Å². The third-order valence-corrected chi connectivity index (χ3v) is 8.11. The number of likely N-dealkylation sites (tertiary alicyclic amines) is 1. The molecule has 0 amide bonds. The minimum Gasteiger partial charge on any atom is -0.478 e. The van der Waals surface area contributed by atoms with Crippen LogP contribution in [-0.2, 0) is 23.6 Å². The Bertz CT molecular complexity index is 1650. The third-order valence-electron chi connectivity index (χ3n) is 8.11. The maximum atomic E-state index is 11.6. The second-order valence-corrected chi connectivity index (χ2v) is 10.7. The molecule has 9 nitrogen and oxygen atoms in total. The fourth-order valence-corrected chi connectivity index (χ4v) is 5.92. The first kappa shape index (κ1) is 26.8. The monoisotopic (exact) mass is 552 g/mol. The van der Waals surface area contributed by atoms with Crippen LogP contribution >= 0.6 is 0 Å². The van der Waals surface area contributed by atoms with Crippen molar-refractivity contribution < 1.29 is 24.1 Å². The quantitative estimate of drug-likeness (QED) is 0.315. The van der Waals surface area contributed by atoms with Gasteiger partial charge in [-0.15, -0.1) is 0 Å². The lowest BCUT2D eigenvalue weighted by atomic mass is 9.88. The Morgan fingerprint density at radius 1 is 1.15 bits per heavy atom. The molecule has 0 aliphatic carbocycles. The second-order valence-electron chi connectivity index (χ2n) is 10.7. The van der Waals surface area contributed by atoms with Gasteiger partial charge in [-0.3, -0.25) is 4.90 Å². The Morgan fingerprint density at radius 3 is 2.71 bits per heavy atom. The minimum absolute atomic E-state index is 0.249. The first-order chi connectivity index (χ1) is 19.9. The number of carbonyl (C=O) groups is 1. The number of fused-ring (bicyclic) bond motifs is 2. The Hall–Kier alpha value is -4.39. The molecule has 0 radical (unpaired) electrons. The van der Waals surface area contributed by atoms with E-state index in [1.807, 2.05) is 37.3 Å². The number of nitriles is 1. The van der Waals surface area contributed by atoms with Crippen molar-refractivity contribution in [3.8, 4) is 17.6 Å². The summed E-state index contributed by atoms with van der Waals surface area (Å²) in [5.41, 5.74) is 4.37. The number of nitrogens with zero attached hydrogens (tertiary/aromatic N) is 4. The Kier molecular flexibility index (Phi) is 7.12. The van der Waals surface area contributed by atoms with Crippen LogP contribution in [-0.4, -0.2) is 52.3 Å². The summed E-state index contributed by atoms with van der Waals surface area (Å²) >= 11 is 0. The van der Waals surface area contributed by atoms with Crippen LogP contribution in [0.25, 0.3) is 11.0 Å². The van der Waals surface area contributed by atoms with Crippen LogP contribution in [0, 0.1) is 11.3 Å². The van der Waals surface area contributed by atoms with Crippen molar-refractivity contribution in [3.05, 3.63) is 88.7 Å². The summed E-state index contributed by atoms with van der Waals surface area (Å²) in [7, 11) is 1.66. The molecule has 6 rings (SSSR count). The first-order valence-corrected chi connectivity index (χ1v) is 13.8. The lowest BCUT2D eigenvalue weighted by Gasteiger charge is -2.32. The maximum absolute atomic E-state index is 11.6. The summed E-state index contributed by atoms with van der Waals surface area (Å²) in [4.78, 5) is 18.8. The van der Waals surface area contributed by atoms with E-state index in [4.69, 9.17) is 19.2 Å². The molecule has 41 heavy (non-hydrogen) atoms. The summed E-state index contributed by atoms with van der Waals surface area (Å²) in [5.74, 6) is 0.795. The van der Waals surface area contributed by atoms with Crippen LogP contribution in [0.3, 0.4) is 0 Å². The molecule has 0 saturated carbocycles. The zero-order valence-electron chi connectivity index (χ0n) is 23.2. The van der Waals surface area contributed by atoms with Gasteiger partial charge in [0.05, 0.1) is 41.4 Å². The summed E-state index contributed by atoms with van der Waals surface area (Å²) in [6, 6.07) is 20.7. The van der Waals surface area contributed by atoms with E-state index in [0.29, 0.717) is 31.2 Å². The molecule has 1 aromatic heterocycles. The molecular weight excluding hydrogens is 520 g/mol. The average Bonchev–Trinajstić information content (AvgIpc) is 3.53. The normalized spacial score (nSPS) is 19.0. The maximum Gasteiger partial charge on any atom is 0.335 e. The standard InChI is InChI=1S/C32H32N4O5/c1-32(24-6-3-5-21(17-24)19-33)40-28-8-4-7-25(30(28)41-32)22-11-13-35(14-12-22)20-29-34-26-10-9-23(31(37)38)18-27(26)36(29)15-16-39-2/h3-10,17-18,22H,11-16,20H2,1-2H3,(H,37,38). The molecule has 1 atom stereocenters. The molecule has 4 aromatic rings. The van der Waals surface area contributed by atoms with Crippen LogP contribution in [0.1, 0.15) is 58.6 Å². The van der Waals surface area contributed by atoms with Crippen molar-refractivity contribution >= 4 is 17.0 Å². The van der Waals surface area contributed by atoms with Crippen LogP contribution in [0.5, 0.6) is 11.5 Å². The number of carboxylic acids is 1. The number of aromatic nitrogens is 2. The molecule has 2 aliphatic rings. The van der Waals surface area contributed by atoms with Crippen molar-refractivity contribution in [1.29, 1.82) is 5.26 Å². The molecule has 1 N–H and O–H groups in total. The van der Waals surface area contributed by atoms with Gasteiger partial charge in [0.1, 0.15) is 5.82 Å². The molecule has 2 aliphatic heterocycles. The van der Waals surface area contributed by atoms with Gasteiger partial charge in [0.25, 0.3) is 5.79 Å². The number of rotatable bonds is 8. The van der Waals surface area contributed by atoms with Crippen molar-refractivity contribution in [2.75, 3.05) is 26.8 Å². The van der Waals surface area contributed by atoms with E-state index in [0.717, 1.165) is 65.4 Å². The van der Waals surface area contributed by atoms with E-state index in [1.54, 1.807) is 31.4 Å². The van der Waals surface area contributed by atoms with E-state index < -0.39 is 11.8 Å². The number of ether oxygens (including phenoxy) is 3. The van der Waals surface area contributed by atoms with Gasteiger partial charge in [-0.25, -0.2) is 9.78 Å². The highest BCUT2D eigenvalue weighted by Crippen LogP contribution is 2.49.